The molecule has 0 radical (unpaired) electrons. The number of nitro benzene ring substituents is 1. The number of para-hydroxylation sites is 2. The number of nitrogens with two attached hydrogens (primary N) is 1. The summed E-state index contributed by atoms with van der Waals surface area (Å²) >= 11 is 12.0. The summed E-state index contributed by atoms with van der Waals surface area (Å²) in [5.74, 6) is -0.332. The molecular weight excluding hydrogens is 353 g/mol. The molecule has 0 aliphatic rings. The molecule has 1 amide bonds. The van der Waals surface area contributed by atoms with E-state index in [-0.39, 0.29) is 29.9 Å². The first kappa shape index (κ1) is 18.2. The second kappa shape index (κ2) is 8.10. The minimum atomic E-state index is -0.532. The number of nitrogens with zero attached hydrogens (tertiary/aromatic N) is 1. The van der Waals surface area contributed by atoms with Crippen LogP contribution in [0.4, 0.5) is 11.4 Å². The molecule has 24 heavy (non-hydrogen) atoms. The van der Waals surface area contributed by atoms with Crippen molar-refractivity contribution in [2.45, 2.75) is 13.0 Å². The zero-order valence-corrected chi connectivity index (χ0v) is 14.3. The molecule has 0 spiro atoms. The Balaban J connectivity index is 1.97. The van der Waals surface area contributed by atoms with Gasteiger partial charge < -0.3 is 10.6 Å². The van der Waals surface area contributed by atoms with E-state index in [1.807, 2.05) is 13.0 Å². The van der Waals surface area contributed by atoms with Crippen LogP contribution in [0, 0.1) is 10.1 Å². The lowest BCUT2D eigenvalue weighted by Gasteiger charge is -2.13. The van der Waals surface area contributed by atoms with Crippen molar-refractivity contribution in [2.24, 2.45) is 0 Å². The standard InChI is InChI=1S/C16H15Cl2N3O3/c1-10(12-7-6-11(17)8-13(12)18)19-9-16(22)20-14-4-2-3-5-15(14)21(23)24/h2-8,10,19H,9H2,1H3,(H,20,22)/p+1/t10-/m0/s1. The van der Waals surface area contributed by atoms with Gasteiger partial charge in [0.15, 0.2) is 6.54 Å². The van der Waals surface area contributed by atoms with Gasteiger partial charge in [0.1, 0.15) is 11.7 Å². The number of halogens is 2. The van der Waals surface area contributed by atoms with Crippen LogP contribution in [0.25, 0.3) is 0 Å². The van der Waals surface area contributed by atoms with Crippen LogP contribution in [-0.2, 0) is 4.79 Å². The van der Waals surface area contributed by atoms with E-state index >= 15 is 0 Å². The number of benzene rings is 2. The minimum Gasteiger partial charge on any atom is -0.332 e. The lowest BCUT2D eigenvalue weighted by atomic mass is 10.1. The van der Waals surface area contributed by atoms with Crippen molar-refractivity contribution in [3.05, 3.63) is 68.2 Å². The number of carbonyl (C=O) groups is 1. The van der Waals surface area contributed by atoms with Crippen molar-refractivity contribution in [1.29, 1.82) is 0 Å². The monoisotopic (exact) mass is 368 g/mol. The number of carbonyl (C=O) groups excluding carboxylic acids is 1. The van der Waals surface area contributed by atoms with Crippen molar-refractivity contribution in [3.8, 4) is 0 Å². The van der Waals surface area contributed by atoms with Gasteiger partial charge >= 0.3 is 0 Å². The third kappa shape index (κ3) is 4.67. The van der Waals surface area contributed by atoms with Crippen LogP contribution in [0.1, 0.15) is 18.5 Å². The number of hydrogen-bond donors (Lipinski definition) is 2. The van der Waals surface area contributed by atoms with Gasteiger partial charge in [-0.2, -0.15) is 0 Å². The first-order valence-electron chi connectivity index (χ1n) is 7.20. The third-order valence-electron chi connectivity index (χ3n) is 3.48. The summed E-state index contributed by atoms with van der Waals surface area (Å²) in [6.07, 6.45) is 0. The van der Waals surface area contributed by atoms with Crippen LogP contribution < -0.4 is 10.6 Å². The molecule has 3 N–H and O–H groups in total. The fourth-order valence-electron chi connectivity index (χ4n) is 2.22. The molecule has 0 aliphatic carbocycles. The molecule has 0 aliphatic heterocycles. The zero-order chi connectivity index (χ0) is 17.7. The lowest BCUT2D eigenvalue weighted by molar-refractivity contribution is -0.682. The highest BCUT2D eigenvalue weighted by atomic mass is 35.5. The summed E-state index contributed by atoms with van der Waals surface area (Å²) < 4.78 is 0. The lowest BCUT2D eigenvalue weighted by Crippen LogP contribution is -2.86. The van der Waals surface area contributed by atoms with E-state index < -0.39 is 4.92 Å². The SMILES string of the molecule is C[C@H]([NH2+]CC(=O)Nc1ccccc1[N+](=O)[O-])c1ccc(Cl)cc1Cl. The van der Waals surface area contributed by atoms with E-state index in [1.165, 1.54) is 12.1 Å². The van der Waals surface area contributed by atoms with Gasteiger partial charge in [0.05, 0.1) is 9.95 Å². The van der Waals surface area contributed by atoms with E-state index in [9.17, 15) is 14.9 Å². The van der Waals surface area contributed by atoms with Crippen LogP contribution in [0.5, 0.6) is 0 Å². The van der Waals surface area contributed by atoms with Gasteiger partial charge in [-0.25, -0.2) is 0 Å². The molecule has 2 rings (SSSR count). The van der Waals surface area contributed by atoms with Gasteiger partial charge in [0.25, 0.3) is 11.6 Å². The number of rotatable bonds is 6. The molecule has 8 heteroatoms. The molecule has 6 nitrogen and oxygen atoms in total. The maximum Gasteiger partial charge on any atom is 0.292 e. The second-order valence-corrected chi connectivity index (χ2v) is 6.06. The van der Waals surface area contributed by atoms with Crippen molar-refractivity contribution >= 4 is 40.5 Å². The van der Waals surface area contributed by atoms with E-state index in [4.69, 9.17) is 23.2 Å². The highest BCUT2D eigenvalue weighted by Crippen LogP contribution is 2.24. The normalized spacial score (nSPS) is 11.8. The summed E-state index contributed by atoms with van der Waals surface area (Å²) in [6, 6.07) is 11.1. The molecule has 0 saturated heterocycles. The fourth-order valence-corrected chi connectivity index (χ4v) is 2.80. The van der Waals surface area contributed by atoms with Gasteiger partial charge in [-0.05, 0) is 25.1 Å². The van der Waals surface area contributed by atoms with Gasteiger partial charge in [0, 0.05) is 16.7 Å². The van der Waals surface area contributed by atoms with Crippen molar-refractivity contribution in [2.75, 3.05) is 11.9 Å². The van der Waals surface area contributed by atoms with Crippen LogP contribution in [0.2, 0.25) is 10.0 Å². The smallest absolute Gasteiger partial charge is 0.292 e. The Morgan fingerprint density at radius 1 is 1.29 bits per heavy atom. The molecule has 0 bridgehead atoms. The summed E-state index contributed by atoms with van der Waals surface area (Å²) in [6.45, 7) is 2.01. The molecule has 2 aromatic rings. The first-order valence-corrected chi connectivity index (χ1v) is 7.95. The Morgan fingerprint density at radius 2 is 2.00 bits per heavy atom. The number of nitro groups is 1. The second-order valence-electron chi connectivity index (χ2n) is 5.22. The largest absolute Gasteiger partial charge is 0.332 e. The average Bonchev–Trinajstić information content (AvgIpc) is 2.53. The Labute approximate surface area is 148 Å². The third-order valence-corrected chi connectivity index (χ3v) is 4.05. The highest BCUT2D eigenvalue weighted by Gasteiger charge is 2.18. The predicted molar refractivity (Wildman–Crippen MR) is 93.4 cm³/mol. The molecule has 0 heterocycles. The molecule has 0 unspecified atom stereocenters. The molecule has 0 fully saturated rings. The van der Waals surface area contributed by atoms with Gasteiger partial charge in [-0.1, -0.05) is 41.4 Å². The van der Waals surface area contributed by atoms with Crippen molar-refractivity contribution in [3.63, 3.8) is 0 Å². The maximum absolute atomic E-state index is 12.0. The Kier molecular flexibility index (Phi) is 6.14. The predicted octanol–water partition coefficient (Wildman–Crippen LogP) is 3.16. The average molecular weight is 369 g/mol. The molecule has 1 atom stereocenters. The van der Waals surface area contributed by atoms with Crippen LogP contribution in [0.15, 0.2) is 42.5 Å². The van der Waals surface area contributed by atoms with E-state index in [2.05, 4.69) is 5.32 Å². The topological polar surface area (TPSA) is 88.8 Å². The maximum atomic E-state index is 12.0. The van der Waals surface area contributed by atoms with Crippen LogP contribution >= 0.6 is 23.2 Å². The Hall–Kier alpha value is -2.15. The number of quaternary nitrogens is 1. The Morgan fingerprint density at radius 3 is 2.67 bits per heavy atom. The quantitative estimate of drug-likeness (QED) is 0.606. The molecule has 0 saturated carbocycles. The minimum absolute atomic E-state index is 0.0636. The Bertz CT molecular complexity index is 768. The van der Waals surface area contributed by atoms with E-state index in [0.29, 0.717) is 10.0 Å². The van der Waals surface area contributed by atoms with E-state index in [1.54, 1.807) is 29.6 Å². The number of nitrogens with one attached hydrogen (secondary N) is 1. The van der Waals surface area contributed by atoms with Gasteiger partial charge in [0.2, 0.25) is 0 Å². The molecular formula is C16H16Cl2N3O3+. The van der Waals surface area contributed by atoms with Crippen molar-refractivity contribution in [1.82, 2.24) is 0 Å². The first-order chi connectivity index (χ1) is 11.4. The van der Waals surface area contributed by atoms with E-state index in [0.717, 1.165) is 5.56 Å². The van der Waals surface area contributed by atoms with Crippen LogP contribution in [0.3, 0.4) is 0 Å². The summed E-state index contributed by atoms with van der Waals surface area (Å²) in [4.78, 5) is 22.5. The number of hydrogen-bond acceptors (Lipinski definition) is 3. The van der Waals surface area contributed by atoms with Gasteiger partial charge in [-0.15, -0.1) is 0 Å². The molecule has 126 valence electrons. The van der Waals surface area contributed by atoms with Gasteiger partial charge in [-0.3, -0.25) is 14.9 Å². The summed E-state index contributed by atoms with van der Waals surface area (Å²) in [7, 11) is 0. The summed E-state index contributed by atoms with van der Waals surface area (Å²) in [5.41, 5.74) is 0.900. The van der Waals surface area contributed by atoms with Crippen LogP contribution in [-0.4, -0.2) is 17.4 Å². The highest BCUT2D eigenvalue weighted by molar-refractivity contribution is 6.35. The number of amides is 1. The van der Waals surface area contributed by atoms with Crippen molar-refractivity contribution < 1.29 is 15.0 Å². The fraction of sp³-hybridized carbons (Fsp3) is 0.188. The molecule has 0 aromatic heterocycles. The number of anilines is 1. The molecule has 2 aromatic carbocycles. The zero-order valence-electron chi connectivity index (χ0n) is 12.8. The summed E-state index contributed by atoms with van der Waals surface area (Å²) in [5, 5.41) is 16.4.